The first kappa shape index (κ1) is 7.98. The van der Waals surface area contributed by atoms with Crippen molar-refractivity contribution in [3.05, 3.63) is 24.3 Å². The van der Waals surface area contributed by atoms with Crippen LogP contribution in [-0.2, 0) is 0 Å². The van der Waals surface area contributed by atoms with Crippen LogP contribution in [0.15, 0.2) is 24.3 Å². The molecule has 0 aliphatic carbocycles. The lowest BCUT2D eigenvalue weighted by Crippen LogP contribution is -2.08. The highest BCUT2D eigenvalue weighted by molar-refractivity contribution is 5.71. The quantitative estimate of drug-likeness (QED) is 0.593. The van der Waals surface area contributed by atoms with Gasteiger partial charge in [0.25, 0.3) is 0 Å². The normalized spacial score (nSPS) is 11.2. The highest BCUT2D eigenvalue weighted by Crippen LogP contribution is 2.20. The van der Waals surface area contributed by atoms with E-state index in [2.05, 4.69) is 15.0 Å². The number of anilines is 2. The van der Waals surface area contributed by atoms with Gasteiger partial charge < -0.3 is 11.5 Å². The van der Waals surface area contributed by atoms with Crippen molar-refractivity contribution in [2.75, 3.05) is 11.5 Å². The Hall–Kier alpha value is -2.37. The van der Waals surface area contributed by atoms with Crippen molar-refractivity contribution in [2.24, 2.45) is 0 Å². The van der Waals surface area contributed by atoms with Gasteiger partial charge in [0.2, 0.25) is 17.8 Å². The minimum absolute atomic E-state index is 0.130. The number of nitrogen functional groups attached to an aromatic ring is 2. The lowest BCUT2D eigenvalue weighted by molar-refractivity contribution is 0.963. The summed E-state index contributed by atoms with van der Waals surface area (Å²) in [4.78, 5) is 11.8. The number of hydrogen-bond donors (Lipinski definition) is 2. The Kier molecular flexibility index (Phi) is 1.37. The van der Waals surface area contributed by atoms with Crippen molar-refractivity contribution in [1.29, 1.82) is 0 Å². The fraction of sp³-hybridized carbons (Fsp3) is 0. The number of aromatic nitrogens is 4. The summed E-state index contributed by atoms with van der Waals surface area (Å²) in [5, 5.41) is 0. The van der Waals surface area contributed by atoms with E-state index in [0.29, 0.717) is 5.95 Å². The van der Waals surface area contributed by atoms with E-state index in [1.165, 1.54) is 0 Å². The first-order valence-electron chi connectivity index (χ1n) is 4.41. The summed E-state index contributed by atoms with van der Waals surface area (Å²) in [6.45, 7) is 0. The molecule has 2 bridgehead atoms. The molecule has 3 aromatic heterocycles. The topological polar surface area (TPSA) is 95.6 Å². The summed E-state index contributed by atoms with van der Waals surface area (Å²) in [6, 6.07) is 7.91. The third-order valence-corrected chi connectivity index (χ3v) is 2.22. The first-order chi connectivity index (χ1) is 7.24. The Morgan fingerprint density at radius 1 is 0.800 bits per heavy atom. The molecule has 4 N–H and O–H groups in total. The molecule has 3 aromatic rings. The molecule has 6 nitrogen and oxygen atoms in total. The molecule has 74 valence electrons. The predicted octanol–water partition coefficient (Wildman–Crippen LogP) is 0.418. The number of rotatable bonds is 1. The average molecular weight is 200 g/mol. The zero-order valence-corrected chi connectivity index (χ0v) is 7.75. The molecule has 6 heteroatoms. The Bertz CT molecular complexity index is 545. The van der Waals surface area contributed by atoms with Crippen molar-refractivity contribution < 1.29 is 0 Å². The van der Waals surface area contributed by atoms with Crippen molar-refractivity contribution in [3.8, 4) is 5.95 Å². The fourth-order valence-corrected chi connectivity index (χ4v) is 1.63. The van der Waals surface area contributed by atoms with Crippen LogP contribution in [0.2, 0.25) is 0 Å². The van der Waals surface area contributed by atoms with Gasteiger partial charge >= 0.3 is 0 Å². The Balaban J connectivity index is 2.29. The number of hydrogen-bond acceptors (Lipinski definition) is 5. The van der Waals surface area contributed by atoms with E-state index < -0.39 is 0 Å². The van der Waals surface area contributed by atoms with Gasteiger partial charge in [0.1, 0.15) is 0 Å². The molecule has 0 radical (unpaired) electrons. The van der Waals surface area contributed by atoms with E-state index in [1.54, 1.807) is 0 Å². The molecule has 0 fully saturated rings. The van der Waals surface area contributed by atoms with Crippen LogP contribution in [0, 0.1) is 0 Å². The van der Waals surface area contributed by atoms with Crippen LogP contribution in [0.25, 0.3) is 17.0 Å². The van der Waals surface area contributed by atoms with E-state index >= 15 is 0 Å². The number of nitrogens with two attached hydrogens (primary N) is 2. The summed E-state index contributed by atoms with van der Waals surface area (Å²) in [7, 11) is 0. The number of nitrogens with zero attached hydrogens (tertiary/aromatic N) is 4. The second-order valence-electron chi connectivity index (χ2n) is 3.20. The Morgan fingerprint density at radius 2 is 1.27 bits per heavy atom. The van der Waals surface area contributed by atoms with Crippen molar-refractivity contribution in [1.82, 2.24) is 19.5 Å². The van der Waals surface area contributed by atoms with E-state index in [9.17, 15) is 0 Å². The summed E-state index contributed by atoms with van der Waals surface area (Å²) < 4.78 is 1.87. The van der Waals surface area contributed by atoms with Gasteiger partial charge in [0.15, 0.2) is 0 Å². The van der Waals surface area contributed by atoms with E-state index in [0.717, 1.165) is 11.0 Å². The van der Waals surface area contributed by atoms with Crippen LogP contribution in [-0.4, -0.2) is 19.5 Å². The lowest BCUT2D eigenvalue weighted by atomic mass is 10.4. The highest BCUT2D eigenvalue weighted by atomic mass is 15.2. The summed E-state index contributed by atoms with van der Waals surface area (Å²) in [5.74, 6) is 0.718. The maximum absolute atomic E-state index is 5.51. The standard InChI is InChI=1S/C9H8N6/c10-7-12-8(11)14-9(13-7)15-5-1-2-6(15)4-3-5/h1-4H,(H4,10,11,12,13,14). The van der Waals surface area contributed by atoms with Crippen molar-refractivity contribution in [2.45, 2.75) is 0 Å². The van der Waals surface area contributed by atoms with E-state index in [4.69, 9.17) is 11.5 Å². The average Bonchev–Trinajstić information content (AvgIpc) is 2.74. The number of fused-ring (bicyclic) bond motifs is 2. The minimum Gasteiger partial charge on any atom is -0.368 e. The van der Waals surface area contributed by atoms with Gasteiger partial charge in [-0.2, -0.15) is 15.0 Å². The van der Waals surface area contributed by atoms with Gasteiger partial charge in [0, 0.05) is 11.0 Å². The molecule has 0 amide bonds. The van der Waals surface area contributed by atoms with Crippen LogP contribution >= 0.6 is 0 Å². The Morgan fingerprint density at radius 3 is 1.73 bits per heavy atom. The van der Waals surface area contributed by atoms with Crippen molar-refractivity contribution >= 4 is 22.9 Å². The SMILES string of the molecule is Nc1nc(N)nc(-n2c3ccc2cc3)n1. The molecule has 0 spiro atoms. The second kappa shape index (κ2) is 2.57. The largest absolute Gasteiger partial charge is 0.368 e. The molecule has 3 heterocycles. The van der Waals surface area contributed by atoms with E-state index in [-0.39, 0.29) is 11.9 Å². The predicted molar refractivity (Wildman–Crippen MR) is 56.7 cm³/mol. The molecule has 3 rings (SSSR count). The molecule has 0 atom stereocenters. The molecule has 0 aromatic carbocycles. The first-order valence-corrected chi connectivity index (χ1v) is 4.41. The van der Waals surface area contributed by atoms with Gasteiger partial charge in [-0.15, -0.1) is 0 Å². The molecular weight excluding hydrogens is 192 g/mol. The van der Waals surface area contributed by atoms with Crippen molar-refractivity contribution in [3.63, 3.8) is 0 Å². The maximum atomic E-state index is 5.51. The van der Waals surface area contributed by atoms with Gasteiger partial charge in [0.05, 0.1) is 0 Å². The summed E-state index contributed by atoms with van der Waals surface area (Å²) in [6.07, 6.45) is 0. The lowest BCUT2D eigenvalue weighted by Gasteiger charge is -2.03. The van der Waals surface area contributed by atoms with Gasteiger partial charge in [-0.1, -0.05) is 0 Å². The Labute approximate surface area is 84.9 Å². The van der Waals surface area contributed by atoms with Crippen LogP contribution in [0.5, 0.6) is 0 Å². The smallest absolute Gasteiger partial charge is 0.241 e. The van der Waals surface area contributed by atoms with Crippen LogP contribution in [0.3, 0.4) is 0 Å². The van der Waals surface area contributed by atoms with E-state index in [1.807, 2.05) is 28.8 Å². The number of benzene rings is 1. The monoisotopic (exact) mass is 200 g/mol. The molecule has 0 unspecified atom stereocenters. The third-order valence-electron chi connectivity index (χ3n) is 2.22. The third kappa shape index (κ3) is 1.08. The van der Waals surface area contributed by atoms with Crippen LogP contribution in [0.1, 0.15) is 0 Å². The van der Waals surface area contributed by atoms with Gasteiger partial charge in [-0.25, -0.2) is 0 Å². The minimum atomic E-state index is 0.130. The summed E-state index contributed by atoms with van der Waals surface area (Å²) in [5.41, 5.74) is 13.0. The zero-order valence-electron chi connectivity index (χ0n) is 7.75. The van der Waals surface area contributed by atoms with Crippen LogP contribution in [0.4, 0.5) is 11.9 Å². The molecule has 0 aliphatic heterocycles. The molecule has 0 saturated heterocycles. The molecule has 15 heavy (non-hydrogen) atoms. The second-order valence-corrected chi connectivity index (χ2v) is 3.20. The fourth-order valence-electron chi connectivity index (χ4n) is 1.63. The summed E-state index contributed by atoms with van der Waals surface area (Å²) >= 11 is 0. The maximum Gasteiger partial charge on any atom is 0.241 e. The van der Waals surface area contributed by atoms with Gasteiger partial charge in [-0.05, 0) is 24.3 Å². The molecule has 0 aliphatic rings. The zero-order chi connectivity index (χ0) is 10.4. The van der Waals surface area contributed by atoms with Crippen LogP contribution < -0.4 is 11.5 Å². The van der Waals surface area contributed by atoms with Gasteiger partial charge in [-0.3, -0.25) is 4.57 Å². The molecule has 0 saturated carbocycles. The highest BCUT2D eigenvalue weighted by Gasteiger charge is 2.10. The molecular formula is C9H8N6.